The molecule has 0 spiro atoms. The van der Waals surface area contributed by atoms with Crippen LogP contribution in [0.4, 0.5) is 0 Å². The van der Waals surface area contributed by atoms with Crippen LogP contribution in [0.15, 0.2) is 39.6 Å². The summed E-state index contributed by atoms with van der Waals surface area (Å²) in [7, 11) is -1.27. The molecule has 3 nitrogen and oxygen atoms in total. The summed E-state index contributed by atoms with van der Waals surface area (Å²) in [6.07, 6.45) is 2.48. The lowest BCUT2D eigenvalue weighted by Crippen LogP contribution is -2.14. The molecule has 1 unspecified atom stereocenters. The molecule has 0 bridgehead atoms. The van der Waals surface area contributed by atoms with Crippen molar-refractivity contribution in [3.63, 3.8) is 0 Å². The molecule has 1 saturated carbocycles. The van der Waals surface area contributed by atoms with Gasteiger partial charge in [0, 0.05) is 11.1 Å². The van der Waals surface area contributed by atoms with Gasteiger partial charge >= 0.3 is 0 Å². The fourth-order valence-corrected chi connectivity index (χ4v) is 3.71. The van der Waals surface area contributed by atoms with E-state index >= 15 is 0 Å². The third-order valence-electron chi connectivity index (χ3n) is 3.27. The van der Waals surface area contributed by atoms with Crippen molar-refractivity contribution in [2.24, 2.45) is 0 Å². The minimum absolute atomic E-state index is 0.295. The standard InChI is InChI=1S/C15H15Cl2NO2S/c16-10-1-6-14(17)15(7-10)21(19)9-13-5-4-12(20-13)8-18-11-2-3-11/h1,4-7,11,18H,2-3,8-9H2. The van der Waals surface area contributed by atoms with E-state index in [9.17, 15) is 4.21 Å². The predicted molar refractivity (Wildman–Crippen MR) is 85.1 cm³/mol. The van der Waals surface area contributed by atoms with Crippen LogP contribution in [0.2, 0.25) is 10.0 Å². The Morgan fingerprint density at radius 1 is 1.19 bits per heavy atom. The molecule has 1 atom stereocenters. The zero-order valence-electron chi connectivity index (χ0n) is 11.3. The Hall–Kier alpha value is -0.810. The molecule has 1 aromatic carbocycles. The largest absolute Gasteiger partial charge is 0.464 e. The number of rotatable bonds is 6. The van der Waals surface area contributed by atoms with Crippen molar-refractivity contribution in [1.29, 1.82) is 0 Å². The maximum atomic E-state index is 12.4. The zero-order chi connectivity index (χ0) is 14.8. The minimum atomic E-state index is -1.27. The van der Waals surface area contributed by atoms with Crippen LogP contribution in [0.3, 0.4) is 0 Å². The molecule has 0 aliphatic heterocycles. The second-order valence-electron chi connectivity index (χ2n) is 5.09. The van der Waals surface area contributed by atoms with Crippen molar-refractivity contribution < 1.29 is 8.63 Å². The first-order valence-corrected chi connectivity index (χ1v) is 8.84. The van der Waals surface area contributed by atoms with Crippen LogP contribution in [0.1, 0.15) is 24.4 Å². The SMILES string of the molecule is O=S(Cc1ccc(CNC2CC2)o1)c1cc(Cl)ccc1Cl. The van der Waals surface area contributed by atoms with Crippen LogP contribution >= 0.6 is 23.2 Å². The van der Waals surface area contributed by atoms with E-state index in [-0.39, 0.29) is 0 Å². The highest BCUT2D eigenvalue weighted by Gasteiger charge is 2.20. The molecule has 2 aromatic rings. The number of halogens is 2. The van der Waals surface area contributed by atoms with E-state index in [1.54, 1.807) is 18.2 Å². The Bertz CT molecular complexity index is 667. The third-order valence-corrected chi connectivity index (χ3v) is 5.32. The molecule has 1 N–H and O–H groups in total. The highest BCUT2D eigenvalue weighted by molar-refractivity contribution is 7.84. The molecule has 0 saturated heterocycles. The Kier molecular flexibility index (Phi) is 4.69. The summed E-state index contributed by atoms with van der Waals surface area (Å²) >= 11 is 12.0. The highest BCUT2D eigenvalue weighted by Crippen LogP contribution is 2.26. The average molecular weight is 344 g/mol. The summed E-state index contributed by atoms with van der Waals surface area (Å²) in [5.74, 6) is 1.85. The normalized spacial score (nSPS) is 16.1. The number of furan rings is 1. The van der Waals surface area contributed by atoms with Gasteiger partial charge in [0.05, 0.1) is 33.0 Å². The summed E-state index contributed by atoms with van der Waals surface area (Å²) in [4.78, 5) is 0.540. The Labute approximate surface area is 136 Å². The quantitative estimate of drug-likeness (QED) is 0.856. The van der Waals surface area contributed by atoms with E-state index in [0.29, 0.717) is 32.5 Å². The topological polar surface area (TPSA) is 42.2 Å². The van der Waals surface area contributed by atoms with E-state index in [4.69, 9.17) is 27.6 Å². The Balaban J connectivity index is 1.65. The second-order valence-corrected chi connectivity index (χ2v) is 7.35. The Morgan fingerprint density at radius 2 is 1.95 bits per heavy atom. The van der Waals surface area contributed by atoms with Crippen molar-refractivity contribution in [3.8, 4) is 0 Å². The number of hydrogen-bond acceptors (Lipinski definition) is 3. The molecule has 1 fully saturated rings. The first-order valence-electron chi connectivity index (χ1n) is 6.76. The van der Waals surface area contributed by atoms with Gasteiger partial charge in [0.15, 0.2) is 0 Å². The van der Waals surface area contributed by atoms with Gasteiger partial charge in [0.1, 0.15) is 11.5 Å². The van der Waals surface area contributed by atoms with Crippen LogP contribution in [0, 0.1) is 0 Å². The van der Waals surface area contributed by atoms with Crippen molar-refractivity contribution in [2.45, 2.75) is 36.1 Å². The predicted octanol–water partition coefficient (Wildman–Crippen LogP) is 4.15. The molecular formula is C15H15Cl2NO2S. The molecule has 1 aliphatic carbocycles. The zero-order valence-corrected chi connectivity index (χ0v) is 13.6. The summed E-state index contributed by atoms with van der Waals surface area (Å²) in [5.41, 5.74) is 0. The molecule has 0 radical (unpaired) electrons. The lowest BCUT2D eigenvalue weighted by molar-refractivity contribution is 0.457. The lowest BCUT2D eigenvalue weighted by atomic mass is 10.4. The maximum absolute atomic E-state index is 12.4. The highest BCUT2D eigenvalue weighted by atomic mass is 35.5. The van der Waals surface area contributed by atoms with Crippen molar-refractivity contribution in [2.75, 3.05) is 0 Å². The first-order chi connectivity index (χ1) is 10.1. The van der Waals surface area contributed by atoms with Crippen LogP contribution in [-0.4, -0.2) is 10.3 Å². The molecule has 0 amide bonds. The molecular weight excluding hydrogens is 329 g/mol. The fraction of sp³-hybridized carbons (Fsp3) is 0.333. The number of hydrogen-bond donors (Lipinski definition) is 1. The molecule has 6 heteroatoms. The molecule has 21 heavy (non-hydrogen) atoms. The molecule has 3 rings (SSSR count). The molecule has 1 heterocycles. The van der Waals surface area contributed by atoms with Gasteiger partial charge < -0.3 is 9.73 Å². The monoisotopic (exact) mass is 343 g/mol. The van der Waals surface area contributed by atoms with Crippen molar-refractivity contribution in [1.82, 2.24) is 5.32 Å². The van der Waals surface area contributed by atoms with Gasteiger partial charge in [-0.15, -0.1) is 0 Å². The van der Waals surface area contributed by atoms with E-state index in [1.807, 2.05) is 12.1 Å². The maximum Gasteiger partial charge on any atom is 0.118 e. The first kappa shape index (κ1) is 15.1. The summed E-state index contributed by atoms with van der Waals surface area (Å²) in [6, 6.07) is 9.39. The van der Waals surface area contributed by atoms with Crippen molar-refractivity contribution >= 4 is 34.0 Å². The number of nitrogens with one attached hydrogen (secondary N) is 1. The van der Waals surface area contributed by atoms with Gasteiger partial charge in [0.2, 0.25) is 0 Å². The van der Waals surface area contributed by atoms with Gasteiger partial charge in [-0.25, -0.2) is 0 Å². The fourth-order valence-electron chi connectivity index (χ4n) is 1.99. The average Bonchev–Trinajstić information content (AvgIpc) is 3.19. The molecule has 1 aliphatic rings. The molecule has 112 valence electrons. The summed E-state index contributed by atoms with van der Waals surface area (Å²) in [5, 5.41) is 4.36. The lowest BCUT2D eigenvalue weighted by Gasteiger charge is -2.04. The van der Waals surface area contributed by atoms with Gasteiger partial charge in [-0.2, -0.15) is 0 Å². The Morgan fingerprint density at radius 3 is 2.71 bits per heavy atom. The number of benzene rings is 1. The summed E-state index contributed by atoms with van der Waals surface area (Å²) in [6.45, 7) is 0.717. The van der Waals surface area contributed by atoms with Crippen LogP contribution < -0.4 is 5.32 Å². The van der Waals surface area contributed by atoms with E-state index in [1.165, 1.54) is 12.8 Å². The van der Waals surface area contributed by atoms with Crippen LogP contribution in [-0.2, 0) is 23.1 Å². The minimum Gasteiger partial charge on any atom is -0.464 e. The van der Waals surface area contributed by atoms with E-state index in [0.717, 1.165) is 12.3 Å². The van der Waals surface area contributed by atoms with Crippen LogP contribution in [0.5, 0.6) is 0 Å². The van der Waals surface area contributed by atoms with Gasteiger partial charge in [-0.05, 0) is 43.2 Å². The third kappa shape index (κ3) is 4.10. The van der Waals surface area contributed by atoms with Gasteiger partial charge in [-0.3, -0.25) is 4.21 Å². The smallest absolute Gasteiger partial charge is 0.118 e. The van der Waals surface area contributed by atoms with E-state index in [2.05, 4.69) is 5.32 Å². The molecule has 1 aromatic heterocycles. The van der Waals surface area contributed by atoms with Gasteiger partial charge in [-0.1, -0.05) is 23.2 Å². The second kappa shape index (κ2) is 6.53. The van der Waals surface area contributed by atoms with Crippen LogP contribution in [0.25, 0.3) is 0 Å². The van der Waals surface area contributed by atoms with E-state index < -0.39 is 10.8 Å². The van der Waals surface area contributed by atoms with Crippen molar-refractivity contribution in [3.05, 3.63) is 51.9 Å². The summed E-state index contributed by atoms with van der Waals surface area (Å²) < 4.78 is 18.1. The van der Waals surface area contributed by atoms with Gasteiger partial charge in [0.25, 0.3) is 0 Å².